The van der Waals surface area contributed by atoms with Crippen LogP contribution in [-0.2, 0) is 16.6 Å². The molecule has 7 nitrogen and oxygen atoms in total. The molecule has 37 heavy (non-hydrogen) atoms. The van der Waals surface area contributed by atoms with E-state index in [0.29, 0.717) is 6.07 Å². The standard InChI is InChI=1S/C24H14Cl3F3N2O5/c1-2-22(33)23(12-31,16-6-4-14(25)10-17(16)26)37-21-11-15(5-7-19(21)32(34)35)36-20-8-3-13(9-18(20)27)24(28,29)30/h3-11H,2H2,1H3. The summed E-state index contributed by atoms with van der Waals surface area (Å²) in [6.07, 6.45) is -4.83. The first-order valence-corrected chi connectivity index (χ1v) is 11.4. The first kappa shape index (κ1) is 28.1. The summed E-state index contributed by atoms with van der Waals surface area (Å²) in [5, 5.41) is 21.5. The van der Waals surface area contributed by atoms with Crippen LogP contribution < -0.4 is 9.47 Å². The highest BCUT2D eigenvalue weighted by Crippen LogP contribution is 2.42. The van der Waals surface area contributed by atoms with Crippen LogP contribution in [0.5, 0.6) is 17.2 Å². The van der Waals surface area contributed by atoms with Gasteiger partial charge in [0.1, 0.15) is 17.6 Å². The molecule has 0 saturated carbocycles. The Morgan fingerprint density at radius 3 is 2.27 bits per heavy atom. The van der Waals surface area contributed by atoms with E-state index in [9.17, 15) is 33.3 Å². The van der Waals surface area contributed by atoms with Gasteiger partial charge >= 0.3 is 11.9 Å². The summed E-state index contributed by atoms with van der Waals surface area (Å²) in [5.41, 5.74) is -4.13. The second-order valence-corrected chi connectivity index (χ2v) is 8.68. The topological polar surface area (TPSA) is 102 Å². The van der Waals surface area contributed by atoms with Crippen LogP contribution in [0.1, 0.15) is 24.5 Å². The van der Waals surface area contributed by atoms with Crippen LogP contribution in [-0.4, -0.2) is 10.7 Å². The molecule has 0 bridgehead atoms. The van der Waals surface area contributed by atoms with Crippen molar-refractivity contribution < 1.29 is 32.4 Å². The molecule has 1 atom stereocenters. The van der Waals surface area contributed by atoms with Crippen molar-refractivity contribution >= 4 is 46.3 Å². The lowest BCUT2D eigenvalue weighted by atomic mass is 9.89. The number of alkyl halides is 3. The number of nitro benzene ring substituents is 1. The zero-order valence-corrected chi connectivity index (χ0v) is 20.9. The first-order valence-electron chi connectivity index (χ1n) is 10.2. The summed E-state index contributed by atoms with van der Waals surface area (Å²) in [5.74, 6) is -1.63. The third-order valence-electron chi connectivity index (χ3n) is 5.06. The van der Waals surface area contributed by atoms with Gasteiger partial charge in [-0.25, -0.2) is 0 Å². The Labute approximate surface area is 223 Å². The number of nitriles is 1. The van der Waals surface area contributed by atoms with E-state index in [0.717, 1.165) is 30.3 Å². The minimum atomic E-state index is -4.63. The maximum Gasteiger partial charge on any atom is 0.416 e. The molecule has 0 radical (unpaired) electrons. The number of rotatable bonds is 8. The number of Topliss-reactive ketones (excluding diaryl/α,β-unsaturated/α-hetero) is 1. The van der Waals surface area contributed by atoms with E-state index in [1.807, 2.05) is 0 Å². The first-order chi connectivity index (χ1) is 17.3. The maximum atomic E-state index is 13.0. The number of carbonyl (C=O) groups excluding carboxylic acids is 1. The monoisotopic (exact) mass is 572 g/mol. The van der Waals surface area contributed by atoms with Gasteiger partial charge in [0.05, 0.1) is 20.5 Å². The van der Waals surface area contributed by atoms with Crippen LogP contribution in [0.15, 0.2) is 54.6 Å². The van der Waals surface area contributed by atoms with Crippen LogP contribution in [0.4, 0.5) is 18.9 Å². The number of nitrogens with zero attached hydrogens (tertiary/aromatic N) is 2. The van der Waals surface area contributed by atoms with E-state index in [-0.39, 0.29) is 38.6 Å². The highest BCUT2D eigenvalue weighted by molar-refractivity contribution is 6.35. The lowest BCUT2D eigenvalue weighted by Gasteiger charge is -2.27. The molecular formula is C24H14Cl3F3N2O5. The number of hydrogen-bond donors (Lipinski definition) is 0. The van der Waals surface area contributed by atoms with Crippen molar-refractivity contribution in [1.29, 1.82) is 5.26 Å². The third kappa shape index (κ3) is 5.91. The van der Waals surface area contributed by atoms with E-state index in [4.69, 9.17) is 44.3 Å². The summed E-state index contributed by atoms with van der Waals surface area (Å²) in [7, 11) is 0. The second kappa shape index (κ2) is 10.8. The van der Waals surface area contributed by atoms with Gasteiger partial charge < -0.3 is 9.47 Å². The molecule has 3 aromatic rings. The van der Waals surface area contributed by atoms with E-state index >= 15 is 0 Å². The molecule has 0 fully saturated rings. The highest BCUT2D eigenvalue weighted by Gasteiger charge is 2.45. The molecule has 13 heteroatoms. The van der Waals surface area contributed by atoms with Crippen molar-refractivity contribution in [2.45, 2.75) is 25.1 Å². The fourth-order valence-corrected chi connectivity index (χ4v) is 4.03. The van der Waals surface area contributed by atoms with E-state index in [2.05, 4.69) is 0 Å². The average Bonchev–Trinajstić information content (AvgIpc) is 2.83. The van der Waals surface area contributed by atoms with Gasteiger partial charge in [-0.1, -0.05) is 47.8 Å². The molecule has 3 rings (SSSR count). The molecule has 3 aromatic carbocycles. The molecule has 0 heterocycles. The molecule has 192 valence electrons. The van der Waals surface area contributed by atoms with Gasteiger partial charge in [-0.15, -0.1) is 0 Å². The minimum absolute atomic E-state index is 0.0950. The van der Waals surface area contributed by atoms with Crippen molar-refractivity contribution in [1.82, 2.24) is 0 Å². The molecular weight excluding hydrogens is 560 g/mol. The number of halogens is 6. The number of nitro groups is 1. The summed E-state index contributed by atoms with van der Waals surface area (Å²) < 4.78 is 50.0. The predicted molar refractivity (Wildman–Crippen MR) is 129 cm³/mol. The van der Waals surface area contributed by atoms with Crippen LogP contribution in [0, 0.1) is 21.4 Å². The van der Waals surface area contributed by atoms with Gasteiger partial charge in [0.2, 0.25) is 5.75 Å². The Bertz CT molecular complexity index is 1430. The highest BCUT2D eigenvalue weighted by atomic mass is 35.5. The Morgan fingerprint density at radius 2 is 1.73 bits per heavy atom. The fraction of sp³-hybridized carbons (Fsp3) is 0.167. The molecule has 0 saturated heterocycles. The zero-order valence-electron chi connectivity index (χ0n) is 18.6. The average molecular weight is 574 g/mol. The summed E-state index contributed by atoms with van der Waals surface area (Å²) in [6, 6.07) is 11.2. The molecule has 0 spiro atoms. The number of ether oxygens (including phenoxy) is 2. The molecule has 0 aliphatic carbocycles. The van der Waals surface area contributed by atoms with Crippen molar-refractivity contribution in [2.24, 2.45) is 0 Å². The van der Waals surface area contributed by atoms with Crippen molar-refractivity contribution in [3.8, 4) is 23.3 Å². The second-order valence-electron chi connectivity index (χ2n) is 7.43. The van der Waals surface area contributed by atoms with Crippen LogP contribution in [0.25, 0.3) is 0 Å². The maximum absolute atomic E-state index is 13.0. The molecule has 0 aliphatic heterocycles. The van der Waals surface area contributed by atoms with Gasteiger partial charge in [0.25, 0.3) is 5.60 Å². The van der Waals surface area contributed by atoms with Crippen LogP contribution >= 0.6 is 34.8 Å². The summed E-state index contributed by atoms with van der Waals surface area (Å²) in [4.78, 5) is 23.8. The summed E-state index contributed by atoms with van der Waals surface area (Å²) in [6.45, 7) is 1.46. The number of ketones is 1. The van der Waals surface area contributed by atoms with Gasteiger partial charge in [-0.05, 0) is 36.4 Å². The smallest absolute Gasteiger partial charge is 0.416 e. The Balaban J connectivity index is 2.11. The molecule has 0 aromatic heterocycles. The molecule has 0 N–H and O–H groups in total. The SMILES string of the molecule is CCC(=O)C(C#N)(Oc1cc(Oc2ccc(C(F)(F)F)cc2Cl)ccc1[N+](=O)[O-])c1ccc(Cl)cc1Cl. The molecule has 1 unspecified atom stereocenters. The number of benzene rings is 3. The quantitative estimate of drug-likeness (QED) is 0.199. The fourth-order valence-electron chi connectivity index (χ4n) is 3.27. The lowest BCUT2D eigenvalue weighted by Crippen LogP contribution is -2.40. The Kier molecular flexibility index (Phi) is 8.22. The van der Waals surface area contributed by atoms with Crippen LogP contribution in [0.3, 0.4) is 0 Å². The van der Waals surface area contributed by atoms with E-state index < -0.39 is 39.5 Å². The molecule has 0 aliphatic rings. The van der Waals surface area contributed by atoms with Gasteiger partial charge in [0, 0.05) is 29.1 Å². The normalized spacial score (nSPS) is 12.8. The Hall–Kier alpha value is -3.52. The number of hydrogen-bond acceptors (Lipinski definition) is 6. The zero-order chi connectivity index (χ0) is 27.5. The van der Waals surface area contributed by atoms with E-state index in [1.165, 1.54) is 25.1 Å². The summed E-state index contributed by atoms with van der Waals surface area (Å²) >= 11 is 18.1. The molecule has 0 amide bonds. The van der Waals surface area contributed by atoms with Crippen molar-refractivity contribution in [3.05, 3.63) is 90.9 Å². The van der Waals surface area contributed by atoms with Gasteiger partial charge in [0.15, 0.2) is 5.78 Å². The lowest BCUT2D eigenvalue weighted by molar-refractivity contribution is -0.386. The Morgan fingerprint density at radius 1 is 1.03 bits per heavy atom. The van der Waals surface area contributed by atoms with Crippen molar-refractivity contribution in [2.75, 3.05) is 0 Å². The van der Waals surface area contributed by atoms with Gasteiger partial charge in [-0.3, -0.25) is 14.9 Å². The third-order valence-corrected chi connectivity index (χ3v) is 5.90. The van der Waals surface area contributed by atoms with Crippen LogP contribution in [0.2, 0.25) is 15.1 Å². The predicted octanol–water partition coefficient (Wildman–Crippen LogP) is 8.14. The number of carbonyl (C=O) groups is 1. The largest absolute Gasteiger partial charge is 0.456 e. The van der Waals surface area contributed by atoms with Gasteiger partial charge in [-0.2, -0.15) is 18.4 Å². The van der Waals surface area contributed by atoms with E-state index in [1.54, 1.807) is 6.07 Å². The minimum Gasteiger partial charge on any atom is -0.456 e. The van der Waals surface area contributed by atoms with Crippen molar-refractivity contribution in [3.63, 3.8) is 0 Å².